The number of carbonyl (C=O) groups excluding carboxylic acids is 1. The van der Waals surface area contributed by atoms with Gasteiger partial charge in [0.25, 0.3) is 5.91 Å². The number of anilines is 1. The lowest BCUT2D eigenvalue weighted by Crippen LogP contribution is -2.24. The van der Waals surface area contributed by atoms with Gasteiger partial charge in [-0.05, 0) is 6.07 Å². The number of amides is 1. The van der Waals surface area contributed by atoms with Gasteiger partial charge in [-0.3, -0.25) is 10.2 Å². The van der Waals surface area contributed by atoms with Gasteiger partial charge in [-0.1, -0.05) is 18.2 Å². The van der Waals surface area contributed by atoms with Gasteiger partial charge in [0.1, 0.15) is 5.71 Å². The SMILES string of the molecule is CN1C(=O)C(=N)c2ccccc21. The summed E-state index contributed by atoms with van der Waals surface area (Å²) in [6.45, 7) is 0. The van der Waals surface area contributed by atoms with Gasteiger partial charge in [0.05, 0.1) is 5.69 Å². The number of hydrogen-bond acceptors (Lipinski definition) is 2. The van der Waals surface area contributed by atoms with Gasteiger partial charge < -0.3 is 4.90 Å². The quantitative estimate of drug-likeness (QED) is 0.605. The fourth-order valence-corrected chi connectivity index (χ4v) is 1.37. The molecule has 0 spiro atoms. The van der Waals surface area contributed by atoms with E-state index < -0.39 is 0 Å². The zero-order chi connectivity index (χ0) is 8.72. The predicted octanol–water partition coefficient (Wildman–Crippen LogP) is 1.03. The summed E-state index contributed by atoms with van der Waals surface area (Å²) in [7, 11) is 1.68. The summed E-state index contributed by atoms with van der Waals surface area (Å²) in [5, 5.41) is 7.48. The van der Waals surface area contributed by atoms with Gasteiger partial charge in [-0.2, -0.15) is 0 Å². The van der Waals surface area contributed by atoms with Crippen LogP contribution in [0.5, 0.6) is 0 Å². The molecule has 0 saturated carbocycles. The Hall–Kier alpha value is -1.64. The Kier molecular flexibility index (Phi) is 1.27. The summed E-state index contributed by atoms with van der Waals surface area (Å²) < 4.78 is 0. The van der Waals surface area contributed by atoms with Crippen molar-refractivity contribution < 1.29 is 4.79 Å². The number of hydrogen-bond donors (Lipinski definition) is 1. The number of nitrogens with one attached hydrogen (secondary N) is 1. The average Bonchev–Trinajstić information content (AvgIpc) is 2.33. The normalized spacial score (nSPS) is 15.2. The number of carbonyl (C=O) groups is 1. The maximum atomic E-state index is 11.3. The van der Waals surface area contributed by atoms with Crippen molar-refractivity contribution in [1.29, 1.82) is 5.41 Å². The molecule has 0 saturated heterocycles. The molecule has 1 aliphatic rings. The van der Waals surface area contributed by atoms with E-state index >= 15 is 0 Å². The number of benzene rings is 1. The molecule has 0 unspecified atom stereocenters. The van der Waals surface area contributed by atoms with E-state index in [0.29, 0.717) is 0 Å². The highest BCUT2D eigenvalue weighted by atomic mass is 16.2. The largest absolute Gasteiger partial charge is 0.309 e. The number of likely N-dealkylation sites (N-methyl/N-ethyl adjacent to an activating group) is 1. The summed E-state index contributed by atoms with van der Waals surface area (Å²) in [4.78, 5) is 12.8. The second-order valence-corrected chi connectivity index (χ2v) is 2.76. The molecule has 0 aliphatic carbocycles. The van der Waals surface area contributed by atoms with E-state index in [1.165, 1.54) is 4.90 Å². The van der Waals surface area contributed by atoms with E-state index in [4.69, 9.17) is 5.41 Å². The zero-order valence-corrected chi connectivity index (χ0v) is 6.66. The Morgan fingerprint density at radius 3 is 2.67 bits per heavy atom. The fraction of sp³-hybridized carbons (Fsp3) is 0.111. The average molecular weight is 160 g/mol. The Balaban J connectivity index is 2.67. The highest BCUT2D eigenvalue weighted by Crippen LogP contribution is 2.26. The van der Waals surface area contributed by atoms with Gasteiger partial charge in [0, 0.05) is 12.6 Å². The first kappa shape index (κ1) is 7.03. The van der Waals surface area contributed by atoms with Crippen LogP contribution in [0, 0.1) is 5.41 Å². The molecule has 0 fully saturated rings. The highest BCUT2D eigenvalue weighted by molar-refractivity contribution is 6.53. The minimum atomic E-state index is -0.226. The van der Waals surface area contributed by atoms with Crippen LogP contribution in [0.1, 0.15) is 5.56 Å². The third-order valence-corrected chi connectivity index (χ3v) is 2.05. The van der Waals surface area contributed by atoms with Crippen molar-refractivity contribution in [2.75, 3.05) is 11.9 Å². The lowest BCUT2D eigenvalue weighted by atomic mass is 10.1. The van der Waals surface area contributed by atoms with Crippen LogP contribution < -0.4 is 4.90 Å². The van der Waals surface area contributed by atoms with Gasteiger partial charge >= 0.3 is 0 Å². The number of fused-ring (bicyclic) bond motifs is 1. The molecule has 12 heavy (non-hydrogen) atoms. The molecule has 1 aromatic rings. The fourth-order valence-electron chi connectivity index (χ4n) is 1.37. The monoisotopic (exact) mass is 160 g/mol. The van der Waals surface area contributed by atoms with Gasteiger partial charge in [0.15, 0.2) is 0 Å². The second-order valence-electron chi connectivity index (χ2n) is 2.76. The molecule has 1 aromatic carbocycles. The maximum absolute atomic E-state index is 11.3. The topological polar surface area (TPSA) is 44.2 Å². The smallest absolute Gasteiger partial charge is 0.276 e. The van der Waals surface area contributed by atoms with Crippen LogP contribution in [0.15, 0.2) is 24.3 Å². The van der Waals surface area contributed by atoms with E-state index in [1.807, 2.05) is 18.2 Å². The summed E-state index contributed by atoms with van der Waals surface area (Å²) in [5.41, 5.74) is 1.64. The molecular formula is C9H8N2O. The van der Waals surface area contributed by atoms with Crippen LogP contribution in [0.25, 0.3) is 0 Å². The lowest BCUT2D eigenvalue weighted by Gasteiger charge is -2.07. The highest BCUT2D eigenvalue weighted by Gasteiger charge is 2.28. The molecule has 2 rings (SSSR count). The van der Waals surface area contributed by atoms with Crippen molar-refractivity contribution >= 4 is 17.3 Å². The first-order valence-corrected chi connectivity index (χ1v) is 3.68. The van der Waals surface area contributed by atoms with Crippen LogP contribution in [-0.2, 0) is 4.79 Å². The summed E-state index contributed by atoms with van der Waals surface area (Å²) in [6.07, 6.45) is 0. The first-order valence-electron chi connectivity index (χ1n) is 3.68. The molecule has 0 bridgehead atoms. The number of nitrogens with zero attached hydrogens (tertiary/aromatic N) is 1. The Morgan fingerprint density at radius 1 is 1.33 bits per heavy atom. The molecule has 0 radical (unpaired) electrons. The molecule has 3 heteroatoms. The molecule has 1 heterocycles. The molecule has 3 nitrogen and oxygen atoms in total. The van der Waals surface area contributed by atoms with Crippen molar-refractivity contribution in [3.63, 3.8) is 0 Å². The van der Waals surface area contributed by atoms with E-state index in [0.717, 1.165) is 11.3 Å². The Bertz CT molecular complexity index is 371. The van der Waals surface area contributed by atoms with E-state index in [-0.39, 0.29) is 11.6 Å². The third-order valence-electron chi connectivity index (χ3n) is 2.05. The number of rotatable bonds is 0. The maximum Gasteiger partial charge on any atom is 0.276 e. The Labute approximate surface area is 70.1 Å². The van der Waals surface area contributed by atoms with Crippen molar-refractivity contribution in [3.05, 3.63) is 29.8 Å². The van der Waals surface area contributed by atoms with Crippen molar-refractivity contribution in [2.24, 2.45) is 0 Å². The second kappa shape index (κ2) is 2.17. The summed E-state index contributed by atoms with van der Waals surface area (Å²) in [6, 6.07) is 7.33. The molecule has 0 atom stereocenters. The summed E-state index contributed by atoms with van der Waals surface area (Å²) >= 11 is 0. The van der Waals surface area contributed by atoms with E-state index in [9.17, 15) is 4.79 Å². The number of para-hydroxylation sites is 1. The molecular weight excluding hydrogens is 152 g/mol. The van der Waals surface area contributed by atoms with Gasteiger partial charge in [-0.25, -0.2) is 0 Å². The van der Waals surface area contributed by atoms with Crippen LogP contribution in [0.4, 0.5) is 5.69 Å². The minimum Gasteiger partial charge on any atom is -0.309 e. The molecule has 60 valence electrons. The molecule has 1 aliphatic heterocycles. The lowest BCUT2D eigenvalue weighted by molar-refractivity contribution is -0.112. The summed E-state index contributed by atoms with van der Waals surface area (Å²) in [5.74, 6) is -0.226. The van der Waals surface area contributed by atoms with Crippen molar-refractivity contribution in [2.45, 2.75) is 0 Å². The Morgan fingerprint density at radius 2 is 2.00 bits per heavy atom. The minimum absolute atomic E-state index is 0.0908. The third kappa shape index (κ3) is 0.704. The van der Waals surface area contributed by atoms with Crippen LogP contribution in [0.3, 0.4) is 0 Å². The van der Waals surface area contributed by atoms with Crippen LogP contribution in [0.2, 0.25) is 0 Å². The molecule has 0 aromatic heterocycles. The zero-order valence-electron chi connectivity index (χ0n) is 6.66. The molecule has 1 N–H and O–H groups in total. The van der Waals surface area contributed by atoms with Crippen molar-refractivity contribution in [1.82, 2.24) is 0 Å². The first-order chi connectivity index (χ1) is 5.72. The van der Waals surface area contributed by atoms with E-state index in [1.54, 1.807) is 13.1 Å². The van der Waals surface area contributed by atoms with Crippen molar-refractivity contribution in [3.8, 4) is 0 Å². The van der Waals surface area contributed by atoms with Gasteiger partial charge in [0.2, 0.25) is 0 Å². The van der Waals surface area contributed by atoms with Crippen LogP contribution in [-0.4, -0.2) is 18.7 Å². The standard InChI is InChI=1S/C9H8N2O/c1-11-7-5-3-2-4-6(7)8(10)9(11)12/h2-5,10H,1H3. The van der Waals surface area contributed by atoms with E-state index in [2.05, 4.69) is 0 Å². The molecule has 1 amide bonds. The predicted molar refractivity (Wildman–Crippen MR) is 46.7 cm³/mol. The van der Waals surface area contributed by atoms with Gasteiger partial charge in [-0.15, -0.1) is 0 Å². The van der Waals surface area contributed by atoms with Crippen LogP contribution >= 0.6 is 0 Å².